The number of carbonyl (C=O) groups excluding carboxylic acids is 1. The van der Waals surface area contributed by atoms with E-state index < -0.39 is 10.9 Å². The second-order valence-electron chi connectivity index (χ2n) is 3.61. The van der Waals surface area contributed by atoms with Crippen LogP contribution in [0.5, 0.6) is 0 Å². The number of esters is 1. The number of rotatable bonds is 3. The Kier molecular flexibility index (Phi) is 2.78. The molecule has 0 unspecified atom stereocenters. The summed E-state index contributed by atoms with van der Waals surface area (Å²) in [4.78, 5) is 21.3. The van der Waals surface area contributed by atoms with Crippen LogP contribution >= 0.6 is 0 Å². The molecule has 0 saturated heterocycles. The predicted molar refractivity (Wildman–Crippen MR) is 57.4 cm³/mol. The van der Waals surface area contributed by atoms with Gasteiger partial charge < -0.3 is 9.84 Å². The van der Waals surface area contributed by atoms with Gasteiger partial charge in [-0.05, 0) is 5.56 Å². The van der Waals surface area contributed by atoms with Gasteiger partial charge in [0, 0.05) is 18.6 Å². The normalized spacial score (nSPS) is 14.9. The first-order valence-corrected chi connectivity index (χ1v) is 4.89. The maximum Gasteiger partial charge on any atom is 0.338 e. The summed E-state index contributed by atoms with van der Waals surface area (Å²) in [7, 11) is 0. The predicted octanol–water partition coefficient (Wildman–Crippen LogP) is 1.51. The number of cyclic esters (lactones) is 1. The number of carbonyl (C=O) groups is 1. The maximum atomic E-state index is 11.2. The third-order valence-corrected chi connectivity index (χ3v) is 2.44. The van der Waals surface area contributed by atoms with Crippen molar-refractivity contribution >= 4 is 11.7 Å². The Hall–Kier alpha value is -2.37. The molecular formula is C11H9NO5. The molecule has 0 fully saturated rings. The molecule has 0 bridgehead atoms. The summed E-state index contributed by atoms with van der Waals surface area (Å²) in [6.45, 7) is -0.122. The molecule has 1 aromatic carbocycles. The highest BCUT2D eigenvalue weighted by Crippen LogP contribution is 2.21. The number of nitrogens with zero attached hydrogens (tertiary/aromatic N) is 1. The lowest BCUT2D eigenvalue weighted by atomic mass is 10.0. The van der Waals surface area contributed by atoms with E-state index in [-0.39, 0.29) is 30.0 Å². The lowest BCUT2D eigenvalue weighted by molar-refractivity contribution is -0.384. The van der Waals surface area contributed by atoms with Crippen molar-refractivity contribution in [1.29, 1.82) is 0 Å². The Morgan fingerprint density at radius 2 is 2.24 bits per heavy atom. The van der Waals surface area contributed by atoms with Gasteiger partial charge in [0.25, 0.3) is 5.69 Å². The van der Waals surface area contributed by atoms with Crippen molar-refractivity contribution in [3.63, 3.8) is 0 Å². The summed E-state index contributed by atoms with van der Waals surface area (Å²) in [5.74, 6) is -0.685. The largest absolute Gasteiger partial charge is 0.508 e. The number of hydrogen-bond acceptors (Lipinski definition) is 5. The van der Waals surface area contributed by atoms with Crippen LogP contribution in [-0.2, 0) is 16.0 Å². The van der Waals surface area contributed by atoms with E-state index in [1.54, 1.807) is 6.07 Å². The number of nitro groups is 1. The van der Waals surface area contributed by atoms with E-state index in [1.165, 1.54) is 18.2 Å². The molecule has 0 saturated carbocycles. The Labute approximate surface area is 96.3 Å². The zero-order valence-electron chi connectivity index (χ0n) is 8.75. The summed E-state index contributed by atoms with van der Waals surface area (Å²) < 4.78 is 4.63. The fourth-order valence-electron chi connectivity index (χ4n) is 1.58. The van der Waals surface area contributed by atoms with Gasteiger partial charge in [0.2, 0.25) is 0 Å². The lowest BCUT2D eigenvalue weighted by Gasteiger charge is -2.00. The van der Waals surface area contributed by atoms with Crippen molar-refractivity contribution in [1.82, 2.24) is 0 Å². The number of aliphatic hydroxyl groups is 1. The molecule has 6 heteroatoms. The van der Waals surface area contributed by atoms with Gasteiger partial charge in [-0.3, -0.25) is 10.1 Å². The highest BCUT2D eigenvalue weighted by atomic mass is 16.6. The topological polar surface area (TPSA) is 89.7 Å². The van der Waals surface area contributed by atoms with Crippen molar-refractivity contribution in [2.45, 2.75) is 6.42 Å². The molecule has 1 heterocycles. The first-order valence-electron chi connectivity index (χ1n) is 4.89. The zero-order chi connectivity index (χ0) is 12.4. The summed E-state index contributed by atoms with van der Waals surface area (Å²) >= 11 is 0. The van der Waals surface area contributed by atoms with Gasteiger partial charge in [-0.2, -0.15) is 0 Å². The van der Waals surface area contributed by atoms with Crippen LogP contribution in [0.1, 0.15) is 5.56 Å². The van der Waals surface area contributed by atoms with Gasteiger partial charge in [-0.1, -0.05) is 12.1 Å². The second kappa shape index (κ2) is 4.25. The third-order valence-electron chi connectivity index (χ3n) is 2.44. The zero-order valence-corrected chi connectivity index (χ0v) is 8.75. The average molecular weight is 235 g/mol. The minimum Gasteiger partial charge on any atom is -0.508 e. The summed E-state index contributed by atoms with van der Waals surface area (Å²) in [5.41, 5.74) is 0.694. The first kappa shape index (κ1) is 11.1. The molecule has 0 amide bonds. The Bertz CT molecular complexity index is 520. The molecule has 0 aliphatic carbocycles. The Morgan fingerprint density at radius 1 is 1.47 bits per heavy atom. The van der Waals surface area contributed by atoms with Crippen LogP contribution in [0.3, 0.4) is 0 Å². The fraction of sp³-hybridized carbons (Fsp3) is 0.182. The average Bonchev–Trinajstić information content (AvgIpc) is 2.61. The molecule has 1 N–H and O–H groups in total. The summed E-state index contributed by atoms with van der Waals surface area (Å²) in [6, 6.07) is 5.92. The number of ether oxygens (including phenoxy) is 1. The Morgan fingerprint density at radius 3 is 2.82 bits per heavy atom. The van der Waals surface area contributed by atoms with Crippen LogP contribution in [0.2, 0.25) is 0 Å². The van der Waals surface area contributed by atoms with Crippen molar-refractivity contribution in [2.24, 2.45) is 0 Å². The molecule has 1 aliphatic rings. The van der Waals surface area contributed by atoms with E-state index in [9.17, 15) is 20.0 Å². The van der Waals surface area contributed by atoms with Crippen LogP contribution in [0.4, 0.5) is 5.69 Å². The van der Waals surface area contributed by atoms with Crippen LogP contribution in [0.15, 0.2) is 35.6 Å². The Balaban J connectivity index is 2.25. The van der Waals surface area contributed by atoms with Gasteiger partial charge in [-0.15, -0.1) is 0 Å². The van der Waals surface area contributed by atoms with Gasteiger partial charge in [0.1, 0.15) is 12.4 Å². The molecule has 0 aromatic heterocycles. The highest BCUT2D eigenvalue weighted by Gasteiger charge is 2.24. The number of hydrogen-bond donors (Lipinski definition) is 1. The molecule has 2 rings (SSSR count). The molecule has 88 valence electrons. The number of benzene rings is 1. The monoisotopic (exact) mass is 235 g/mol. The standard InChI is InChI=1S/C11H9NO5/c13-10-6-17-11(14)9(10)5-7-2-1-3-8(4-7)12(15)16/h1-4,13H,5-6H2. The molecule has 1 aliphatic heterocycles. The van der Waals surface area contributed by atoms with Crippen LogP contribution in [-0.4, -0.2) is 22.6 Å². The first-order chi connectivity index (χ1) is 8.08. The highest BCUT2D eigenvalue weighted by molar-refractivity contribution is 5.91. The molecule has 0 atom stereocenters. The quantitative estimate of drug-likeness (QED) is 0.487. The smallest absolute Gasteiger partial charge is 0.338 e. The number of nitro benzene ring substituents is 1. The minimum atomic E-state index is -0.575. The van der Waals surface area contributed by atoms with E-state index in [1.807, 2.05) is 0 Å². The second-order valence-corrected chi connectivity index (χ2v) is 3.61. The van der Waals surface area contributed by atoms with Crippen LogP contribution in [0.25, 0.3) is 0 Å². The molecular weight excluding hydrogens is 226 g/mol. The third kappa shape index (κ3) is 2.25. The van der Waals surface area contributed by atoms with Crippen LogP contribution < -0.4 is 0 Å². The maximum absolute atomic E-state index is 11.2. The summed E-state index contributed by atoms with van der Waals surface area (Å²) in [5, 5.41) is 20.0. The van der Waals surface area contributed by atoms with Gasteiger partial charge in [-0.25, -0.2) is 4.79 Å². The molecule has 1 aromatic rings. The molecule has 0 spiro atoms. The van der Waals surface area contributed by atoms with E-state index in [4.69, 9.17) is 0 Å². The fourth-order valence-corrected chi connectivity index (χ4v) is 1.58. The SMILES string of the molecule is O=C1OCC(O)=C1Cc1cccc([N+](=O)[O-])c1. The summed E-state index contributed by atoms with van der Waals surface area (Å²) in [6.07, 6.45) is 0.131. The van der Waals surface area contributed by atoms with Crippen molar-refractivity contribution in [2.75, 3.05) is 6.61 Å². The van der Waals surface area contributed by atoms with Gasteiger partial charge in [0.15, 0.2) is 0 Å². The lowest BCUT2D eigenvalue weighted by Crippen LogP contribution is -2.02. The van der Waals surface area contributed by atoms with E-state index in [2.05, 4.69) is 4.74 Å². The molecule has 17 heavy (non-hydrogen) atoms. The van der Waals surface area contributed by atoms with Crippen LogP contribution in [0, 0.1) is 10.1 Å². The van der Waals surface area contributed by atoms with E-state index >= 15 is 0 Å². The van der Waals surface area contributed by atoms with Gasteiger partial charge >= 0.3 is 5.97 Å². The number of aliphatic hydroxyl groups excluding tert-OH is 1. The van der Waals surface area contributed by atoms with Crippen molar-refractivity contribution in [3.05, 3.63) is 51.3 Å². The van der Waals surface area contributed by atoms with Gasteiger partial charge in [0.05, 0.1) is 10.5 Å². The van der Waals surface area contributed by atoms with E-state index in [0.29, 0.717) is 5.56 Å². The minimum absolute atomic E-state index is 0.0473. The molecule has 0 radical (unpaired) electrons. The molecule has 6 nitrogen and oxygen atoms in total. The number of non-ortho nitro benzene ring substituents is 1. The van der Waals surface area contributed by atoms with E-state index in [0.717, 1.165) is 0 Å². The van der Waals surface area contributed by atoms with Crippen molar-refractivity contribution < 1.29 is 19.6 Å². The van der Waals surface area contributed by atoms with Crippen molar-refractivity contribution in [3.8, 4) is 0 Å².